The zero-order valence-corrected chi connectivity index (χ0v) is 20.5. The van der Waals surface area contributed by atoms with E-state index < -0.39 is 42.6 Å². The van der Waals surface area contributed by atoms with Crippen LogP contribution in [0.2, 0.25) is 0 Å². The lowest BCUT2D eigenvalue weighted by Crippen LogP contribution is -2.60. The second-order valence-corrected chi connectivity index (χ2v) is 8.89. The summed E-state index contributed by atoms with van der Waals surface area (Å²) >= 11 is 0. The van der Waals surface area contributed by atoms with Gasteiger partial charge in [0.1, 0.15) is 29.8 Å². The van der Waals surface area contributed by atoms with Crippen molar-refractivity contribution in [3.8, 4) is 40.0 Å². The minimum Gasteiger partial charge on any atom is -0.507 e. The second-order valence-electron chi connectivity index (χ2n) is 8.89. The molecule has 1 aliphatic rings. The van der Waals surface area contributed by atoms with Crippen LogP contribution in [0.4, 0.5) is 0 Å². The number of hydrogen-bond acceptors (Lipinski definition) is 11. The third-order valence-corrected chi connectivity index (χ3v) is 6.28. The lowest BCUT2D eigenvalue weighted by molar-refractivity contribution is -0.278. The minimum absolute atomic E-state index is 0.0165. The molecule has 5 atom stereocenters. The van der Waals surface area contributed by atoms with Crippen LogP contribution in [-0.2, 0) is 14.3 Å². The van der Waals surface area contributed by atoms with Crippen LogP contribution in [0.25, 0.3) is 28.5 Å². The summed E-state index contributed by atoms with van der Waals surface area (Å²) in [6.45, 7) is 0. The number of aliphatic hydroxyl groups excluding tert-OH is 3. The van der Waals surface area contributed by atoms with Gasteiger partial charge in [-0.3, -0.25) is 0 Å². The van der Waals surface area contributed by atoms with E-state index in [1.165, 1.54) is 41.1 Å². The Morgan fingerprint density at radius 3 is 2.00 bits per heavy atom. The number of aromatic nitrogens is 3. The molecule has 0 saturated carbocycles. The molecule has 1 saturated heterocycles. The summed E-state index contributed by atoms with van der Waals surface area (Å²) in [6, 6.07) is 18.7. The van der Waals surface area contributed by atoms with Gasteiger partial charge in [-0.25, -0.2) is 19.3 Å². The lowest BCUT2D eigenvalue weighted by Gasteiger charge is -2.37. The van der Waals surface area contributed by atoms with Gasteiger partial charge in [0.15, 0.2) is 17.8 Å². The van der Waals surface area contributed by atoms with E-state index in [2.05, 4.69) is 10.1 Å². The zero-order chi connectivity index (χ0) is 28.6. The van der Waals surface area contributed by atoms with Crippen LogP contribution in [0.5, 0.6) is 11.5 Å². The molecule has 0 bridgehead atoms. The Kier molecular flexibility index (Phi) is 7.19. The fraction of sp³-hybridized carbons (Fsp3) is 0.185. The van der Waals surface area contributed by atoms with Crippen LogP contribution in [0, 0.1) is 0 Å². The first kappa shape index (κ1) is 26.8. The Balaban J connectivity index is 1.44. The van der Waals surface area contributed by atoms with Crippen LogP contribution < -0.4 is 0 Å². The molecular weight excluding hydrogens is 526 g/mol. The van der Waals surface area contributed by atoms with Crippen molar-refractivity contribution in [3.05, 3.63) is 78.4 Å². The highest BCUT2D eigenvalue weighted by molar-refractivity contribution is 5.89. The first-order valence-electron chi connectivity index (χ1n) is 11.9. The molecule has 13 nitrogen and oxygen atoms in total. The summed E-state index contributed by atoms with van der Waals surface area (Å²) in [5.41, 5.74) is 1.12. The quantitative estimate of drug-likeness (QED) is 0.187. The average Bonchev–Trinajstić information content (AvgIpc) is 3.38. The second kappa shape index (κ2) is 10.7. The van der Waals surface area contributed by atoms with Gasteiger partial charge < -0.3 is 40.1 Å². The van der Waals surface area contributed by atoms with E-state index in [-0.39, 0.29) is 28.7 Å². The molecule has 5 rings (SSSR count). The number of hydrogen-bond donors (Lipinski definition) is 6. The molecule has 13 heteroatoms. The molecule has 0 aliphatic carbocycles. The standard InChI is InChI=1S/C27H23N3O10/c31-17-7-3-1-5-15(17)23-28-24(16-6-2-4-8-18(16)32)30(29-23)14-11-9-13(10-12-14)26(38)40-27-21(35)19(33)20(34)22(39-27)25(36)37/h1-12,19-22,27,31-35H,(H,36,37)/t19-,20-,21+,22-,27-/m0/s1. The summed E-state index contributed by atoms with van der Waals surface area (Å²) in [6.07, 6.45) is -9.51. The molecule has 0 radical (unpaired) electrons. The number of aliphatic carboxylic acids is 1. The van der Waals surface area contributed by atoms with Crippen molar-refractivity contribution < 1.29 is 49.7 Å². The first-order chi connectivity index (χ1) is 19.2. The molecule has 4 aromatic rings. The highest BCUT2D eigenvalue weighted by Crippen LogP contribution is 2.33. The van der Waals surface area contributed by atoms with Crippen LogP contribution in [0.15, 0.2) is 72.8 Å². The summed E-state index contributed by atoms with van der Waals surface area (Å²) in [7, 11) is 0. The number of carbonyl (C=O) groups is 2. The van der Waals surface area contributed by atoms with Gasteiger partial charge in [-0.1, -0.05) is 24.3 Å². The maximum atomic E-state index is 12.7. The Bertz CT molecular complexity index is 1550. The molecule has 2 heterocycles. The number of aromatic hydroxyl groups is 2. The van der Waals surface area contributed by atoms with Crippen LogP contribution in [0.3, 0.4) is 0 Å². The Morgan fingerprint density at radius 2 is 1.40 bits per heavy atom. The van der Waals surface area contributed by atoms with E-state index in [4.69, 9.17) is 9.47 Å². The van der Waals surface area contributed by atoms with Gasteiger partial charge in [0.05, 0.1) is 22.4 Å². The molecule has 0 unspecified atom stereocenters. The molecule has 1 aliphatic heterocycles. The van der Waals surface area contributed by atoms with Gasteiger partial charge in [0, 0.05) is 0 Å². The number of aliphatic hydroxyl groups is 3. The number of benzene rings is 3. The number of esters is 1. The molecule has 3 aromatic carbocycles. The zero-order valence-electron chi connectivity index (χ0n) is 20.5. The minimum atomic E-state index is -1.93. The third-order valence-electron chi connectivity index (χ3n) is 6.28. The molecule has 0 amide bonds. The predicted octanol–water partition coefficient (Wildman–Crippen LogP) is 1.06. The molecule has 1 aromatic heterocycles. The summed E-state index contributed by atoms with van der Waals surface area (Å²) < 4.78 is 11.5. The van der Waals surface area contributed by atoms with Gasteiger partial charge in [0.25, 0.3) is 0 Å². The van der Waals surface area contributed by atoms with E-state index in [1.807, 2.05) is 0 Å². The van der Waals surface area contributed by atoms with Crippen molar-refractivity contribution in [2.75, 3.05) is 0 Å². The van der Waals surface area contributed by atoms with Crippen LogP contribution >= 0.6 is 0 Å². The maximum Gasteiger partial charge on any atom is 0.340 e. The Hall–Kier alpha value is -4.82. The summed E-state index contributed by atoms with van der Waals surface area (Å²) in [4.78, 5) is 28.6. The van der Waals surface area contributed by atoms with Crippen LogP contribution in [-0.4, -0.2) is 88.0 Å². The van der Waals surface area contributed by atoms with Crippen molar-refractivity contribution in [2.45, 2.75) is 30.7 Å². The fourth-order valence-electron chi connectivity index (χ4n) is 4.17. The predicted molar refractivity (Wildman–Crippen MR) is 135 cm³/mol. The van der Waals surface area contributed by atoms with Gasteiger partial charge >= 0.3 is 11.9 Å². The number of rotatable bonds is 6. The van der Waals surface area contributed by atoms with Crippen molar-refractivity contribution in [1.82, 2.24) is 14.8 Å². The SMILES string of the molecule is O=C(O[C@@H]1O[C@H](C(=O)O)[C@@H](O)[C@H](O)[C@H]1O)c1ccc(-n2nc(-c3ccccc3O)nc2-c2ccccc2O)cc1. The van der Waals surface area contributed by atoms with Gasteiger partial charge in [-0.2, -0.15) is 0 Å². The maximum absolute atomic E-state index is 12.7. The van der Waals surface area contributed by atoms with E-state index in [0.29, 0.717) is 16.8 Å². The topological polar surface area (TPSA) is 205 Å². The Morgan fingerprint density at radius 1 is 0.800 bits per heavy atom. The largest absolute Gasteiger partial charge is 0.507 e. The molecule has 1 fully saturated rings. The number of carboxylic acids is 1. The summed E-state index contributed by atoms with van der Waals surface area (Å²) in [5.74, 6) is -2.29. The van der Waals surface area contributed by atoms with Gasteiger partial charge in [-0.15, -0.1) is 5.10 Å². The molecule has 206 valence electrons. The molecular formula is C27H23N3O10. The van der Waals surface area contributed by atoms with E-state index >= 15 is 0 Å². The van der Waals surface area contributed by atoms with E-state index in [9.17, 15) is 40.2 Å². The first-order valence-corrected chi connectivity index (χ1v) is 11.9. The normalized spacial score (nSPS) is 22.5. The number of phenols is 2. The highest BCUT2D eigenvalue weighted by Gasteiger charge is 2.48. The number of phenolic OH excluding ortho intramolecular Hbond substituents is 2. The summed E-state index contributed by atoms with van der Waals surface area (Å²) in [5, 5.41) is 64.3. The Labute approximate surface area is 225 Å². The van der Waals surface area contributed by atoms with Gasteiger partial charge in [-0.05, 0) is 48.5 Å². The van der Waals surface area contributed by atoms with E-state index in [0.717, 1.165) is 0 Å². The highest BCUT2D eigenvalue weighted by atomic mass is 16.7. The van der Waals surface area contributed by atoms with E-state index in [1.54, 1.807) is 36.4 Å². The average molecular weight is 549 g/mol. The van der Waals surface area contributed by atoms with Crippen molar-refractivity contribution in [3.63, 3.8) is 0 Å². The number of carbonyl (C=O) groups excluding carboxylic acids is 1. The fourth-order valence-corrected chi connectivity index (χ4v) is 4.17. The monoisotopic (exact) mass is 549 g/mol. The smallest absolute Gasteiger partial charge is 0.340 e. The molecule has 6 N–H and O–H groups in total. The van der Waals surface area contributed by atoms with Crippen molar-refractivity contribution in [1.29, 1.82) is 0 Å². The molecule has 40 heavy (non-hydrogen) atoms. The lowest BCUT2D eigenvalue weighted by atomic mass is 9.99. The third kappa shape index (κ3) is 4.97. The van der Waals surface area contributed by atoms with Crippen molar-refractivity contribution >= 4 is 11.9 Å². The number of carboxylic acid groups (broad SMARTS) is 1. The van der Waals surface area contributed by atoms with Crippen LogP contribution in [0.1, 0.15) is 10.4 Å². The number of para-hydroxylation sites is 2. The number of ether oxygens (including phenoxy) is 2. The van der Waals surface area contributed by atoms with Crippen molar-refractivity contribution in [2.24, 2.45) is 0 Å². The number of nitrogens with zero attached hydrogens (tertiary/aromatic N) is 3. The van der Waals surface area contributed by atoms with Gasteiger partial charge in [0.2, 0.25) is 6.29 Å². The molecule has 0 spiro atoms.